The summed E-state index contributed by atoms with van der Waals surface area (Å²) >= 11 is 1.02. The number of amides is 1. The van der Waals surface area contributed by atoms with Gasteiger partial charge in [-0.25, -0.2) is 18.2 Å². The van der Waals surface area contributed by atoms with E-state index in [0.29, 0.717) is 29.1 Å². The SMILES string of the molecule is CC(C)N(CCn1c(SCC(=O)Nc2ccc(F)c(F)c2F)nc2ccccc2c1=O)C(C)C. The summed E-state index contributed by atoms with van der Waals surface area (Å²) in [4.78, 5) is 32.4. The third-order valence-electron chi connectivity index (χ3n) is 5.38. The fraction of sp³-hybridized carbons (Fsp3) is 0.375. The van der Waals surface area contributed by atoms with Gasteiger partial charge in [-0.2, -0.15) is 0 Å². The Kier molecular flexibility index (Phi) is 8.37. The van der Waals surface area contributed by atoms with Gasteiger partial charge in [-0.15, -0.1) is 0 Å². The molecule has 3 rings (SSSR count). The second-order valence-corrected chi connectivity index (χ2v) is 9.30. The minimum Gasteiger partial charge on any atom is -0.323 e. The van der Waals surface area contributed by atoms with Crippen LogP contribution in [0.2, 0.25) is 0 Å². The first-order valence-corrected chi connectivity index (χ1v) is 11.9. The molecule has 0 fully saturated rings. The molecule has 3 aromatic rings. The summed E-state index contributed by atoms with van der Waals surface area (Å²) in [6, 6.07) is 9.19. The standard InChI is InChI=1S/C24H27F3N4O2S/c1-14(2)30(15(3)4)11-12-31-23(33)16-7-5-6-8-18(16)29-24(31)34-13-20(32)28-19-10-9-17(25)21(26)22(19)27/h5-10,14-15H,11-13H2,1-4H3,(H,28,32). The lowest BCUT2D eigenvalue weighted by Gasteiger charge is -2.30. The number of benzene rings is 2. The highest BCUT2D eigenvalue weighted by Crippen LogP contribution is 2.22. The summed E-state index contributed by atoms with van der Waals surface area (Å²) in [7, 11) is 0. The molecule has 1 N–H and O–H groups in total. The number of para-hydroxylation sites is 1. The van der Waals surface area contributed by atoms with Crippen molar-refractivity contribution >= 4 is 34.3 Å². The summed E-state index contributed by atoms with van der Waals surface area (Å²) in [6.45, 7) is 9.30. The van der Waals surface area contributed by atoms with E-state index in [9.17, 15) is 22.8 Å². The van der Waals surface area contributed by atoms with Gasteiger partial charge in [0.25, 0.3) is 5.56 Å². The quantitative estimate of drug-likeness (QED) is 0.267. The molecule has 0 aliphatic rings. The van der Waals surface area contributed by atoms with Gasteiger partial charge < -0.3 is 5.32 Å². The third-order valence-corrected chi connectivity index (χ3v) is 6.35. The Bertz CT molecular complexity index is 1240. The van der Waals surface area contributed by atoms with Gasteiger partial charge >= 0.3 is 0 Å². The van der Waals surface area contributed by atoms with E-state index in [4.69, 9.17) is 0 Å². The van der Waals surface area contributed by atoms with Crippen molar-refractivity contribution in [2.24, 2.45) is 0 Å². The van der Waals surface area contributed by atoms with Gasteiger partial charge in [0.1, 0.15) is 0 Å². The maximum atomic E-state index is 13.9. The number of fused-ring (bicyclic) bond motifs is 1. The van der Waals surface area contributed by atoms with Gasteiger partial charge in [-0.3, -0.25) is 19.1 Å². The number of halogens is 3. The second-order valence-electron chi connectivity index (χ2n) is 8.35. The first kappa shape index (κ1) is 25.8. The smallest absolute Gasteiger partial charge is 0.262 e. The molecule has 1 amide bonds. The molecular formula is C24H27F3N4O2S. The molecule has 0 spiro atoms. The number of hydrogen-bond donors (Lipinski definition) is 1. The molecule has 0 saturated carbocycles. The van der Waals surface area contributed by atoms with Crippen LogP contribution in [0.3, 0.4) is 0 Å². The monoisotopic (exact) mass is 492 g/mol. The lowest BCUT2D eigenvalue weighted by molar-refractivity contribution is -0.113. The van der Waals surface area contributed by atoms with Crippen LogP contribution in [-0.4, -0.2) is 44.7 Å². The van der Waals surface area contributed by atoms with Crippen LogP contribution >= 0.6 is 11.8 Å². The fourth-order valence-corrected chi connectivity index (χ4v) is 4.55. The van der Waals surface area contributed by atoms with Gasteiger partial charge in [0.15, 0.2) is 22.6 Å². The van der Waals surface area contributed by atoms with Crippen LogP contribution in [0.1, 0.15) is 27.7 Å². The highest BCUT2D eigenvalue weighted by Gasteiger charge is 2.19. The van der Waals surface area contributed by atoms with Crippen LogP contribution in [0.5, 0.6) is 0 Å². The first-order chi connectivity index (χ1) is 16.1. The van der Waals surface area contributed by atoms with Crippen molar-refractivity contribution in [3.8, 4) is 0 Å². The molecule has 0 saturated heterocycles. The Morgan fingerprint density at radius 3 is 2.41 bits per heavy atom. The molecule has 0 unspecified atom stereocenters. The van der Waals surface area contributed by atoms with Gasteiger partial charge in [0, 0.05) is 25.2 Å². The van der Waals surface area contributed by atoms with Crippen molar-refractivity contribution in [2.45, 2.75) is 51.5 Å². The van der Waals surface area contributed by atoms with Gasteiger partial charge in [-0.05, 0) is 52.0 Å². The number of nitrogens with one attached hydrogen (secondary N) is 1. The maximum absolute atomic E-state index is 13.9. The molecule has 0 bridgehead atoms. The van der Waals surface area contributed by atoms with Crippen molar-refractivity contribution < 1.29 is 18.0 Å². The van der Waals surface area contributed by atoms with Crippen LogP contribution in [-0.2, 0) is 11.3 Å². The predicted molar refractivity (Wildman–Crippen MR) is 129 cm³/mol. The maximum Gasteiger partial charge on any atom is 0.262 e. The number of carbonyl (C=O) groups is 1. The van der Waals surface area contributed by atoms with Crippen LogP contribution in [0, 0.1) is 17.5 Å². The molecule has 0 radical (unpaired) electrons. The normalized spacial score (nSPS) is 11.7. The summed E-state index contributed by atoms with van der Waals surface area (Å²) < 4.78 is 42.0. The highest BCUT2D eigenvalue weighted by atomic mass is 32.2. The molecule has 0 aliphatic heterocycles. The number of carbonyl (C=O) groups excluding carboxylic acids is 1. The van der Waals surface area contributed by atoms with Crippen LogP contribution in [0.25, 0.3) is 10.9 Å². The number of hydrogen-bond acceptors (Lipinski definition) is 5. The number of aromatic nitrogens is 2. The van der Waals surface area contributed by atoms with Crippen molar-refractivity contribution in [1.29, 1.82) is 0 Å². The number of nitrogens with zero attached hydrogens (tertiary/aromatic N) is 3. The molecule has 10 heteroatoms. The van der Waals surface area contributed by atoms with Crippen molar-refractivity contribution in [1.82, 2.24) is 14.5 Å². The zero-order chi connectivity index (χ0) is 25.0. The Hall–Kier alpha value is -2.85. The van der Waals surface area contributed by atoms with E-state index in [0.717, 1.165) is 23.9 Å². The van der Waals surface area contributed by atoms with Crippen LogP contribution < -0.4 is 10.9 Å². The highest BCUT2D eigenvalue weighted by molar-refractivity contribution is 7.99. The van der Waals surface area contributed by atoms with Crippen LogP contribution in [0.4, 0.5) is 18.9 Å². The molecule has 182 valence electrons. The van der Waals surface area contributed by atoms with E-state index in [2.05, 4.69) is 42.9 Å². The minimum atomic E-state index is -1.66. The number of rotatable bonds is 9. The lowest BCUT2D eigenvalue weighted by Crippen LogP contribution is -2.40. The average molecular weight is 493 g/mol. The molecule has 6 nitrogen and oxygen atoms in total. The minimum absolute atomic E-state index is 0.207. The van der Waals surface area contributed by atoms with E-state index in [1.165, 1.54) is 4.57 Å². The van der Waals surface area contributed by atoms with E-state index >= 15 is 0 Å². The van der Waals surface area contributed by atoms with E-state index in [-0.39, 0.29) is 23.4 Å². The lowest BCUT2D eigenvalue weighted by atomic mass is 10.2. The molecule has 0 atom stereocenters. The molecule has 0 aliphatic carbocycles. The van der Waals surface area contributed by atoms with Crippen molar-refractivity contribution in [3.05, 3.63) is 64.2 Å². The topological polar surface area (TPSA) is 67.2 Å². The van der Waals surface area contributed by atoms with E-state index in [1.54, 1.807) is 24.3 Å². The van der Waals surface area contributed by atoms with E-state index in [1.807, 2.05) is 0 Å². The largest absolute Gasteiger partial charge is 0.323 e. The molecule has 2 aromatic carbocycles. The van der Waals surface area contributed by atoms with Crippen molar-refractivity contribution in [3.63, 3.8) is 0 Å². The van der Waals surface area contributed by atoms with Gasteiger partial charge in [0.05, 0.1) is 22.3 Å². The summed E-state index contributed by atoms with van der Waals surface area (Å²) in [6.07, 6.45) is 0. The van der Waals surface area contributed by atoms with Crippen LogP contribution in [0.15, 0.2) is 46.3 Å². The zero-order valence-corrected chi connectivity index (χ0v) is 20.3. The van der Waals surface area contributed by atoms with Gasteiger partial charge in [0.2, 0.25) is 5.91 Å². The Morgan fingerprint density at radius 1 is 1.06 bits per heavy atom. The Morgan fingerprint density at radius 2 is 1.74 bits per heavy atom. The van der Waals surface area contributed by atoms with Crippen molar-refractivity contribution in [2.75, 3.05) is 17.6 Å². The van der Waals surface area contributed by atoms with Gasteiger partial charge in [-0.1, -0.05) is 23.9 Å². The summed E-state index contributed by atoms with van der Waals surface area (Å²) in [5, 5.41) is 3.05. The third kappa shape index (κ3) is 5.79. The Balaban J connectivity index is 1.84. The fourth-order valence-electron chi connectivity index (χ4n) is 3.72. The summed E-state index contributed by atoms with van der Waals surface area (Å²) in [5.41, 5.74) is -0.173. The molecule has 34 heavy (non-hydrogen) atoms. The summed E-state index contributed by atoms with van der Waals surface area (Å²) in [5.74, 6) is -5.32. The molecule has 1 aromatic heterocycles. The van der Waals surface area contributed by atoms with E-state index < -0.39 is 29.0 Å². The molecule has 1 heterocycles. The zero-order valence-electron chi connectivity index (χ0n) is 19.4. The Labute approximate surface area is 200 Å². The predicted octanol–water partition coefficient (Wildman–Crippen LogP) is 4.66. The average Bonchev–Trinajstić information content (AvgIpc) is 2.79. The second kappa shape index (κ2) is 11.1. The number of thioether (sulfide) groups is 1. The first-order valence-electron chi connectivity index (χ1n) is 10.9. The number of anilines is 1. The molecular weight excluding hydrogens is 465 g/mol.